The summed E-state index contributed by atoms with van der Waals surface area (Å²) in [5.41, 5.74) is 7.04. The monoisotopic (exact) mass is 315 g/mol. The van der Waals surface area contributed by atoms with E-state index in [1.54, 1.807) is 6.07 Å². The third-order valence-electron chi connectivity index (χ3n) is 3.59. The van der Waals surface area contributed by atoms with Crippen LogP contribution in [0.1, 0.15) is 29.9 Å². The van der Waals surface area contributed by atoms with Crippen LogP contribution >= 0.6 is 11.6 Å². The lowest BCUT2D eigenvalue weighted by atomic mass is 9.82. The highest BCUT2D eigenvalue weighted by molar-refractivity contribution is 6.31. The molecule has 0 aliphatic rings. The van der Waals surface area contributed by atoms with E-state index >= 15 is 0 Å². The van der Waals surface area contributed by atoms with E-state index in [2.05, 4.69) is 5.32 Å². The molecule has 0 radical (unpaired) electrons. The van der Waals surface area contributed by atoms with Gasteiger partial charge in [-0.15, -0.1) is 0 Å². The number of amides is 1. The number of halogens is 1. The molecule has 4 N–H and O–H groups in total. The Hall–Kier alpha value is -2.33. The molecule has 2 atom stereocenters. The van der Waals surface area contributed by atoms with Crippen LogP contribution in [0.15, 0.2) is 54.6 Å². The maximum atomic E-state index is 12.5. The van der Waals surface area contributed by atoms with E-state index in [1.165, 1.54) is 0 Å². The number of guanidine groups is 1. The highest BCUT2D eigenvalue weighted by Crippen LogP contribution is 2.36. The maximum Gasteiger partial charge on any atom is 0.234 e. The summed E-state index contributed by atoms with van der Waals surface area (Å²) in [7, 11) is 0. The molecular formula is C17H18ClN3O. The van der Waals surface area contributed by atoms with Gasteiger partial charge in [0.05, 0.1) is 5.92 Å². The fourth-order valence-electron chi connectivity index (χ4n) is 2.56. The first-order valence-electron chi connectivity index (χ1n) is 6.95. The van der Waals surface area contributed by atoms with E-state index in [0.717, 1.165) is 11.1 Å². The second kappa shape index (κ2) is 7.09. The predicted octanol–water partition coefficient (Wildman–Crippen LogP) is 3.24. The molecule has 4 nitrogen and oxygen atoms in total. The summed E-state index contributed by atoms with van der Waals surface area (Å²) < 4.78 is 0. The topological polar surface area (TPSA) is 79.0 Å². The van der Waals surface area contributed by atoms with Crippen LogP contribution in [0.25, 0.3) is 0 Å². The van der Waals surface area contributed by atoms with Gasteiger partial charge in [-0.2, -0.15) is 0 Å². The largest absolute Gasteiger partial charge is 0.370 e. The molecule has 0 aliphatic carbocycles. The van der Waals surface area contributed by atoms with Crippen LogP contribution < -0.4 is 11.1 Å². The second-order valence-corrected chi connectivity index (χ2v) is 5.51. The smallest absolute Gasteiger partial charge is 0.234 e. The van der Waals surface area contributed by atoms with Crippen molar-refractivity contribution in [2.45, 2.75) is 18.8 Å². The van der Waals surface area contributed by atoms with Crippen LogP contribution in [0.2, 0.25) is 5.02 Å². The van der Waals surface area contributed by atoms with Crippen molar-refractivity contribution in [1.82, 2.24) is 5.32 Å². The third kappa shape index (κ3) is 3.65. The Labute approximate surface area is 134 Å². The predicted molar refractivity (Wildman–Crippen MR) is 89.1 cm³/mol. The summed E-state index contributed by atoms with van der Waals surface area (Å²) >= 11 is 6.26. The van der Waals surface area contributed by atoms with Gasteiger partial charge in [-0.05, 0) is 23.1 Å². The van der Waals surface area contributed by atoms with Crippen LogP contribution in [0.5, 0.6) is 0 Å². The molecule has 1 amide bonds. The molecule has 0 aromatic heterocycles. The molecule has 2 rings (SSSR count). The minimum Gasteiger partial charge on any atom is -0.370 e. The van der Waals surface area contributed by atoms with Gasteiger partial charge in [0.2, 0.25) is 5.91 Å². The number of nitrogens with two attached hydrogens (primary N) is 1. The van der Waals surface area contributed by atoms with Crippen molar-refractivity contribution in [3.05, 3.63) is 70.7 Å². The molecule has 114 valence electrons. The van der Waals surface area contributed by atoms with Gasteiger partial charge in [0.1, 0.15) is 0 Å². The van der Waals surface area contributed by atoms with Crippen LogP contribution in [0, 0.1) is 5.41 Å². The lowest BCUT2D eigenvalue weighted by molar-refractivity contribution is -0.121. The van der Waals surface area contributed by atoms with Crippen molar-refractivity contribution >= 4 is 23.5 Å². The van der Waals surface area contributed by atoms with Gasteiger partial charge in [0, 0.05) is 5.02 Å². The molecule has 0 spiro atoms. The fourth-order valence-corrected chi connectivity index (χ4v) is 2.87. The lowest BCUT2D eigenvalue weighted by Gasteiger charge is -2.24. The van der Waals surface area contributed by atoms with Gasteiger partial charge in [-0.25, -0.2) is 0 Å². The SMILES string of the molecule is CC(c1ccccc1Cl)C(C(=O)NC(=N)N)c1ccccc1. The Morgan fingerprint density at radius 1 is 1.14 bits per heavy atom. The van der Waals surface area contributed by atoms with Crippen LogP contribution in [-0.2, 0) is 4.79 Å². The Kier molecular flexibility index (Phi) is 5.17. The number of rotatable bonds is 4. The van der Waals surface area contributed by atoms with Crippen LogP contribution in [0.4, 0.5) is 0 Å². The van der Waals surface area contributed by atoms with Crippen molar-refractivity contribution in [2.24, 2.45) is 5.73 Å². The third-order valence-corrected chi connectivity index (χ3v) is 3.94. The average molecular weight is 316 g/mol. The molecule has 2 unspecified atom stereocenters. The summed E-state index contributed by atoms with van der Waals surface area (Å²) in [6.07, 6.45) is 0. The van der Waals surface area contributed by atoms with Gasteiger partial charge in [0.15, 0.2) is 5.96 Å². The Morgan fingerprint density at radius 3 is 2.32 bits per heavy atom. The second-order valence-electron chi connectivity index (χ2n) is 5.10. The normalized spacial score (nSPS) is 13.2. The van der Waals surface area contributed by atoms with Gasteiger partial charge >= 0.3 is 0 Å². The maximum absolute atomic E-state index is 12.5. The van der Waals surface area contributed by atoms with E-state index in [0.29, 0.717) is 5.02 Å². The Balaban J connectivity index is 2.42. The highest BCUT2D eigenvalue weighted by atomic mass is 35.5. The molecule has 5 heteroatoms. The van der Waals surface area contributed by atoms with E-state index in [4.69, 9.17) is 22.7 Å². The van der Waals surface area contributed by atoms with Gasteiger partial charge < -0.3 is 5.73 Å². The number of nitrogens with one attached hydrogen (secondary N) is 2. The Morgan fingerprint density at radius 2 is 1.73 bits per heavy atom. The molecule has 0 bridgehead atoms. The van der Waals surface area contributed by atoms with Crippen LogP contribution in [-0.4, -0.2) is 11.9 Å². The minimum absolute atomic E-state index is 0.157. The van der Waals surface area contributed by atoms with E-state index < -0.39 is 5.92 Å². The standard InChI is InChI=1S/C17H18ClN3O/c1-11(13-9-5-6-10-14(13)18)15(16(22)21-17(19)20)12-7-3-2-4-8-12/h2-11,15H,1H3,(H4,19,20,21,22). The van der Waals surface area contributed by atoms with Crippen molar-refractivity contribution in [3.8, 4) is 0 Å². The summed E-state index contributed by atoms with van der Waals surface area (Å²) in [4.78, 5) is 12.5. The zero-order chi connectivity index (χ0) is 16.1. The number of hydrogen-bond donors (Lipinski definition) is 3. The lowest BCUT2D eigenvalue weighted by Crippen LogP contribution is -2.40. The molecule has 2 aromatic rings. The van der Waals surface area contributed by atoms with E-state index in [1.807, 2.05) is 55.5 Å². The van der Waals surface area contributed by atoms with E-state index in [9.17, 15) is 4.79 Å². The fraction of sp³-hybridized carbons (Fsp3) is 0.176. The molecule has 0 fully saturated rings. The summed E-state index contributed by atoms with van der Waals surface area (Å²) in [5.74, 6) is -1.32. The first kappa shape index (κ1) is 16.0. The molecule has 0 saturated carbocycles. The summed E-state index contributed by atoms with van der Waals surface area (Å²) in [5, 5.41) is 10.3. The Bertz CT molecular complexity index is 673. The first-order valence-corrected chi connectivity index (χ1v) is 7.32. The minimum atomic E-state index is -0.481. The average Bonchev–Trinajstić information content (AvgIpc) is 2.48. The molecule has 2 aromatic carbocycles. The molecule has 0 aliphatic heterocycles. The molecular weight excluding hydrogens is 298 g/mol. The zero-order valence-electron chi connectivity index (χ0n) is 12.2. The van der Waals surface area contributed by atoms with Gasteiger partial charge in [-0.1, -0.05) is 67.1 Å². The zero-order valence-corrected chi connectivity index (χ0v) is 13.0. The molecule has 0 saturated heterocycles. The number of carbonyl (C=O) groups excluding carboxylic acids is 1. The molecule has 22 heavy (non-hydrogen) atoms. The summed E-state index contributed by atoms with van der Waals surface area (Å²) in [6.45, 7) is 1.94. The highest BCUT2D eigenvalue weighted by Gasteiger charge is 2.29. The van der Waals surface area contributed by atoms with Crippen molar-refractivity contribution in [1.29, 1.82) is 5.41 Å². The van der Waals surface area contributed by atoms with Crippen LogP contribution in [0.3, 0.4) is 0 Å². The van der Waals surface area contributed by atoms with Crippen molar-refractivity contribution < 1.29 is 4.79 Å². The number of hydrogen-bond acceptors (Lipinski definition) is 2. The van der Waals surface area contributed by atoms with E-state index in [-0.39, 0.29) is 17.8 Å². The summed E-state index contributed by atoms with van der Waals surface area (Å²) in [6, 6.07) is 16.9. The quantitative estimate of drug-likeness (QED) is 0.598. The van der Waals surface area contributed by atoms with Crippen molar-refractivity contribution in [3.63, 3.8) is 0 Å². The van der Waals surface area contributed by atoms with Crippen molar-refractivity contribution in [2.75, 3.05) is 0 Å². The van der Waals surface area contributed by atoms with Gasteiger partial charge in [-0.3, -0.25) is 15.5 Å². The molecule has 0 heterocycles. The number of benzene rings is 2. The van der Waals surface area contributed by atoms with Gasteiger partial charge in [0.25, 0.3) is 0 Å². The number of carbonyl (C=O) groups is 1. The first-order chi connectivity index (χ1) is 10.5.